The fourth-order valence-corrected chi connectivity index (χ4v) is 5.17. The van der Waals surface area contributed by atoms with Crippen LogP contribution in [0, 0.1) is 18.7 Å². The number of aromatic nitrogens is 3. The zero-order valence-corrected chi connectivity index (χ0v) is 20.5. The zero-order valence-electron chi connectivity index (χ0n) is 19.7. The van der Waals surface area contributed by atoms with E-state index in [4.69, 9.17) is 0 Å². The minimum absolute atomic E-state index is 0.0112. The Bertz CT molecular complexity index is 1310. The summed E-state index contributed by atoms with van der Waals surface area (Å²) >= 11 is 1.53. The highest BCUT2D eigenvalue weighted by molar-refractivity contribution is 7.98. The molecule has 1 aliphatic rings. The predicted molar refractivity (Wildman–Crippen MR) is 136 cm³/mol. The fourth-order valence-electron chi connectivity index (χ4n) is 4.26. The number of carbonyl (C=O) groups is 1. The molecule has 0 bridgehead atoms. The van der Waals surface area contributed by atoms with Gasteiger partial charge in [0.2, 0.25) is 5.91 Å². The van der Waals surface area contributed by atoms with Gasteiger partial charge in [-0.15, -0.1) is 10.2 Å². The second-order valence-corrected chi connectivity index (χ2v) is 9.96. The van der Waals surface area contributed by atoms with Gasteiger partial charge in [0.1, 0.15) is 5.82 Å². The maximum Gasteiger partial charge on any atom is 0.224 e. The van der Waals surface area contributed by atoms with Crippen LogP contribution in [0.25, 0.3) is 5.69 Å². The van der Waals surface area contributed by atoms with Crippen LogP contribution in [0.5, 0.6) is 0 Å². The third-order valence-corrected chi connectivity index (χ3v) is 7.33. The summed E-state index contributed by atoms with van der Waals surface area (Å²) in [5, 5.41) is 12.8. The minimum atomic E-state index is -0.312. The number of hydrogen-bond donors (Lipinski definition) is 1. The van der Waals surface area contributed by atoms with E-state index >= 15 is 0 Å². The Morgan fingerprint density at radius 3 is 2.49 bits per heavy atom. The molecule has 1 N–H and O–H groups in total. The molecule has 3 aromatic carbocycles. The first-order valence-electron chi connectivity index (χ1n) is 11.7. The fraction of sp³-hybridized carbons (Fsp3) is 0.250. The molecular formula is C28H27FN4OS. The summed E-state index contributed by atoms with van der Waals surface area (Å²) < 4.78 is 15.3. The van der Waals surface area contributed by atoms with Gasteiger partial charge in [-0.05, 0) is 61.6 Å². The highest BCUT2D eigenvalue weighted by atomic mass is 32.2. The zero-order chi connectivity index (χ0) is 24.4. The van der Waals surface area contributed by atoms with E-state index in [0.717, 1.165) is 28.4 Å². The van der Waals surface area contributed by atoms with Crippen molar-refractivity contribution >= 4 is 17.7 Å². The molecular weight excluding hydrogens is 459 g/mol. The molecule has 1 aromatic heterocycles. The molecule has 1 aliphatic carbocycles. The first-order valence-corrected chi connectivity index (χ1v) is 12.7. The van der Waals surface area contributed by atoms with Gasteiger partial charge in [-0.2, -0.15) is 0 Å². The highest BCUT2D eigenvalue weighted by Crippen LogP contribution is 2.47. The Morgan fingerprint density at radius 2 is 1.77 bits per heavy atom. The molecule has 3 unspecified atom stereocenters. The summed E-state index contributed by atoms with van der Waals surface area (Å²) in [4.78, 5) is 13.0. The van der Waals surface area contributed by atoms with E-state index in [0.29, 0.717) is 11.6 Å². The number of nitrogens with one attached hydrogen (secondary N) is 1. The lowest BCUT2D eigenvalue weighted by Crippen LogP contribution is -2.30. The molecule has 4 aromatic rings. The third-order valence-electron chi connectivity index (χ3n) is 6.33. The molecule has 5 nitrogen and oxygen atoms in total. The van der Waals surface area contributed by atoms with Crippen molar-refractivity contribution in [1.29, 1.82) is 0 Å². The van der Waals surface area contributed by atoms with Crippen LogP contribution in [0.2, 0.25) is 0 Å². The first kappa shape index (κ1) is 23.3. The average molecular weight is 487 g/mol. The maximum absolute atomic E-state index is 13.3. The van der Waals surface area contributed by atoms with Gasteiger partial charge in [0.25, 0.3) is 0 Å². The number of benzene rings is 3. The molecule has 0 spiro atoms. The summed E-state index contributed by atoms with van der Waals surface area (Å²) in [6.45, 7) is 3.99. The van der Waals surface area contributed by atoms with Crippen molar-refractivity contribution in [3.05, 3.63) is 107 Å². The van der Waals surface area contributed by atoms with Gasteiger partial charge < -0.3 is 5.32 Å². The van der Waals surface area contributed by atoms with Gasteiger partial charge in [0, 0.05) is 17.4 Å². The molecule has 7 heteroatoms. The maximum atomic E-state index is 13.3. The topological polar surface area (TPSA) is 59.8 Å². The second kappa shape index (κ2) is 10.0. The predicted octanol–water partition coefficient (Wildman–Crippen LogP) is 5.99. The largest absolute Gasteiger partial charge is 0.346 e. The minimum Gasteiger partial charge on any atom is -0.346 e. The first-order chi connectivity index (χ1) is 17.0. The van der Waals surface area contributed by atoms with E-state index in [1.54, 1.807) is 12.1 Å². The van der Waals surface area contributed by atoms with E-state index in [2.05, 4.69) is 27.6 Å². The van der Waals surface area contributed by atoms with Crippen LogP contribution in [0.3, 0.4) is 0 Å². The van der Waals surface area contributed by atoms with E-state index in [9.17, 15) is 9.18 Å². The van der Waals surface area contributed by atoms with Crippen LogP contribution < -0.4 is 5.32 Å². The quantitative estimate of drug-likeness (QED) is 0.311. The van der Waals surface area contributed by atoms with E-state index in [1.165, 1.54) is 29.5 Å². The van der Waals surface area contributed by atoms with Crippen LogP contribution in [-0.4, -0.2) is 20.7 Å². The Labute approximate surface area is 208 Å². The number of halogens is 1. The average Bonchev–Trinajstić information content (AvgIpc) is 3.57. The smallest absolute Gasteiger partial charge is 0.224 e. The monoisotopic (exact) mass is 486 g/mol. The molecule has 0 saturated heterocycles. The Kier molecular flexibility index (Phi) is 6.68. The van der Waals surface area contributed by atoms with Crippen LogP contribution >= 0.6 is 11.8 Å². The second-order valence-electron chi connectivity index (χ2n) is 9.02. The van der Waals surface area contributed by atoms with Gasteiger partial charge in [0.15, 0.2) is 11.0 Å². The molecule has 1 heterocycles. The van der Waals surface area contributed by atoms with Crippen molar-refractivity contribution in [2.45, 2.75) is 43.1 Å². The van der Waals surface area contributed by atoms with Crippen molar-refractivity contribution in [3.8, 4) is 5.69 Å². The standard InChI is InChI=1S/C28H27FN4OS/c1-18-8-14-23(15-9-18)33-26(31-32-28(33)35-17-20-10-12-22(29)13-11-20)19(2)30-27(34)25-16-24(25)21-6-4-3-5-7-21/h3-15,19,24-25H,16-17H2,1-2H3,(H,30,34). The number of nitrogens with zero attached hydrogens (tertiary/aromatic N) is 3. The number of rotatable bonds is 8. The van der Waals surface area contributed by atoms with Crippen LogP contribution in [0.15, 0.2) is 84.0 Å². The molecule has 1 amide bonds. The summed E-state index contributed by atoms with van der Waals surface area (Å²) in [6.07, 6.45) is 0.867. The molecule has 3 atom stereocenters. The van der Waals surface area contributed by atoms with Crippen molar-refractivity contribution < 1.29 is 9.18 Å². The van der Waals surface area contributed by atoms with Crippen LogP contribution in [0.4, 0.5) is 4.39 Å². The van der Waals surface area contributed by atoms with Gasteiger partial charge in [-0.3, -0.25) is 9.36 Å². The van der Waals surface area contributed by atoms with Gasteiger partial charge in [-0.1, -0.05) is 71.9 Å². The van der Waals surface area contributed by atoms with Crippen molar-refractivity contribution in [3.63, 3.8) is 0 Å². The Hall–Kier alpha value is -3.45. The molecule has 178 valence electrons. The van der Waals surface area contributed by atoms with E-state index < -0.39 is 0 Å². The normalized spacial score (nSPS) is 17.7. The highest BCUT2D eigenvalue weighted by Gasteiger charge is 2.44. The summed E-state index contributed by atoms with van der Waals surface area (Å²) in [5.41, 5.74) is 4.30. The lowest BCUT2D eigenvalue weighted by atomic mass is 10.1. The number of aryl methyl sites for hydroxylation is 1. The van der Waals surface area contributed by atoms with Gasteiger partial charge in [-0.25, -0.2) is 4.39 Å². The summed E-state index contributed by atoms with van der Waals surface area (Å²) in [6, 6.07) is 24.5. The molecule has 5 rings (SSSR count). The lowest BCUT2D eigenvalue weighted by molar-refractivity contribution is -0.123. The summed E-state index contributed by atoms with van der Waals surface area (Å²) in [7, 11) is 0. The molecule has 1 saturated carbocycles. The van der Waals surface area contributed by atoms with Gasteiger partial charge >= 0.3 is 0 Å². The van der Waals surface area contributed by atoms with Crippen molar-refractivity contribution in [2.24, 2.45) is 5.92 Å². The van der Waals surface area contributed by atoms with Crippen LogP contribution in [-0.2, 0) is 10.5 Å². The van der Waals surface area contributed by atoms with Crippen LogP contribution in [0.1, 0.15) is 47.8 Å². The van der Waals surface area contributed by atoms with Crippen molar-refractivity contribution in [2.75, 3.05) is 0 Å². The number of amides is 1. The number of carbonyl (C=O) groups excluding carboxylic acids is 1. The lowest BCUT2D eigenvalue weighted by Gasteiger charge is -2.16. The molecule has 1 fully saturated rings. The van der Waals surface area contributed by atoms with Gasteiger partial charge in [0.05, 0.1) is 6.04 Å². The summed E-state index contributed by atoms with van der Waals surface area (Å²) in [5.74, 6) is 1.37. The SMILES string of the molecule is Cc1ccc(-n2c(SCc3ccc(F)cc3)nnc2C(C)NC(=O)C2CC2c2ccccc2)cc1. The Balaban J connectivity index is 1.35. The number of hydrogen-bond acceptors (Lipinski definition) is 4. The molecule has 0 aliphatic heterocycles. The number of thioether (sulfide) groups is 1. The molecule has 35 heavy (non-hydrogen) atoms. The molecule has 0 radical (unpaired) electrons. The van der Waals surface area contributed by atoms with E-state index in [1.807, 2.05) is 60.9 Å². The third kappa shape index (κ3) is 5.30. The van der Waals surface area contributed by atoms with Crippen molar-refractivity contribution in [1.82, 2.24) is 20.1 Å². The van der Waals surface area contributed by atoms with E-state index in [-0.39, 0.29) is 29.6 Å². The Morgan fingerprint density at radius 1 is 1.06 bits per heavy atom.